The van der Waals surface area contributed by atoms with E-state index in [0.717, 1.165) is 5.69 Å². The molecule has 0 amide bonds. The molecule has 0 aliphatic heterocycles. The lowest BCUT2D eigenvalue weighted by molar-refractivity contribution is 0.507. The molecule has 1 aromatic heterocycles. The van der Waals surface area contributed by atoms with Crippen LogP contribution in [0.2, 0.25) is 0 Å². The first-order valence-corrected chi connectivity index (χ1v) is 5.21. The van der Waals surface area contributed by atoms with Gasteiger partial charge < -0.3 is 5.73 Å². The molecule has 0 unspecified atom stereocenters. The smallest absolute Gasteiger partial charge is 0.271 e. The van der Waals surface area contributed by atoms with E-state index in [-0.39, 0.29) is 17.5 Å². The summed E-state index contributed by atoms with van der Waals surface area (Å²) in [4.78, 5) is 11.7. The maximum atomic E-state index is 11.7. The molecule has 0 spiro atoms. The van der Waals surface area contributed by atoms with Gasteiger partial charge in [0.25, 0.3) is 5.56 Å². The molecule has 0 bridgehead atoms. The van der Waals surface area contributed by atoms with Gasteiger partial charge in [0.15, 0.2) is 0 Å². The van der Waals surface area contributed by atoms with Crippen molar-refractivity contribution in [1.82, 2.24) is 9.78 Å². The van der Waals surface area contributed by atoms with Crippen molar-refractivity contribution in [2.24, 2.45) is 5.73 Å². The molecule has 0 atom stereocenters. The summed E-state index contributed by atoms with van der Waals surface area (Å²) in [6.45, 7) is 8.96. The third-order valence-electron chi connectivity index (χ3n) is 2.34. The quantitative estimate of drug-likeness (QED) is 0.791. The van der Waals surface area contributed by atoms with Gasteiger partial charge in [0.05, 0.1) is 5.69 Å². The zero-order valence-corrected chi connectivity index (χ0v) is 9.87. The van der Waals surface area contributed by atoms with E-state index in [1.165, 1.54) is 4.68 Å². The van der Waals surface area contributed by atoms with E-state index >= 15 is 0 Å². The molecule has 0 saturated heterocycles. The molecule has 0 aromatic carbocycles. The molecule has 84 valence electrons. The Morgan fingerprint density at radius 3 is 2.47 bits per heavy atom. The van der Waals surface area contributed by atoms with E-state index in [4.69, 9.17) is 5.73 Å². The van der Waals surface area contributed by atoms with Crippen LogP contribution in [-0.2, 0) is 18.5 Å². The van der Waals surface area contributed by atoms with Gasteiger partial charge in [-0.15, -0.1) is 0 Å². The molecule has 4 nitrogen and oxygen atoms in total. The Bertz CT molecular complexity index is 373. The minimum absolute atomic E-state index is 0.0610. The maximum absolute atomic E-state index is 11.7. The average Bonchev–Trinajstić information content (AvgIpc) is 2.16. The van der Waals surface area contributed by atoms with Crippen LogP contribution in [0.25, 0.3) is 0 Å². The van der Waals surface area contributed by atoms with Gasteiger partial charge in [-0.05, 0) is 13.0 Å². The number of aromatic nitrogens is 2. The van der Waals surface area contributed by atoms with Gasteiger partial charge >= 0.3 is 0 Å². The number of hydrogen-bond donors (Lipinski definition) is 1. The molecular formula is C11H19N3O. The predicted octanol–water partition coefficient (Wildman–Crippen LogP) is 1.02. The van der Waals surface area contributed by atoms with Crippen LogP contribution in [0.1, 0.15) is 39.0 Å². The van der Waals surface area contributed by atoms with E-state index in [1.54, 1.807) is 0 Å². The van der Waals surface area contributed by atoms with Crippen LogP contribution < -0.4 is 11.3 Å². The van der Waals surface area contributed by atoms with Crippen molar-refractivity contribution in [3.05, 3.63) is 27.7 Å². The molecular weight excluding hydrogens is 190 g/mol. The van der Waals surface area contributed by atoms with E-state index in [9.17, 15) is 4.79 Å². The molecule has 0 aliphatic carbocycles. The highest BCUT2D eigenvalue weighted by Gasteiger charge is 2.18. The van der Waals surface area contributed by atoms with Gasteiger partial charge in [-0.2, -0.15) is 5.10 Å². The van der Waals surface area contributed by atoms with Crippen molar-refractivity contribution in [3.8, 4) is 0 Å². The summed E-state index contributed by atoms with van der Waals surface area (Å²) >= 11 is 0. The molecule has 0 fully saturated rings. The van der Waals surface area contributed by atoms with Crippen LogP contribution in [0, 0.1) is 0 Å². The lowest BCUT2D eigenvalue weighted by atomic mass is 9.91. The van der Waals surface area contributed by atoms with E-state index in [1.807, 2.05) is 13.0 Å². The Morgan fingerprint density at radius 1 is 1.47 bits per heavy atom. The van der Waals surface area contributed by atoms with Gasteiger partial charge in [0.1, 0.15) is 0 Å². The fourth-order valence-corrected chi connectivity index (χ4v) is 1.32. The summed E-state index contributed by atoms with van der Waals surface area (Å²) in [5.74, 6) is 0. The second-order valence-corrected chi connectivity index (χ2v) is 4.63. The highest BCUT2D eigenvalue weighted by Crippen LogP contribution is 2.19. The number of nitrogens with two attached hydrogens (primary N) is 1. The molecule has 1 aromatic rings. The highest BCUT2D eigenvalue weighted by molar-refractivity contribution is 5.18. The van der Waals surface area contributed by atoms with Crippen LogP contribution >= 0.6 is 0 Å². The summed E-state index contributed by atoms with van der Waals surface area (Å²) in [6, 6.07) is 1.81. The normalized spacial score (nSPS) is 11.8. The van der Waals surface area contributed by atoms with Crippen molar-refractivity contribution < 1.29 is 0 Å². The summed E-state index contributed by atoms with van der Waals surface area (Å²) in [5, 5.41) is 4.32. The Hall–Kier alpha value is -1.16. The van der Waals surface area contributed by atoms with Crippen LogP contribution in [0.3, 0.4) is 0 Å². The number of nitrogens with zero attached hydrogens (tertiary/aromatic N) is 2. The minimum Gasteiger partial charge on any atom is -0.326 e. The highest BCUT2D eigenvalue weighted by atomic mass is 16.1. The molecule has 0 aliphatic rings. The standard InChI is InChI=1S/C11H19N3O/c1-5-14-10(15)8(7-12)6-9(13-14)11(2,3)4/h6H,5,7,12H2,1-4H3. The Balaban J connectivity index is 3.40. The summed E-state index contributed by atoms with van der Waals surface area (Å²) in [5.41, 5.74) is 6.95. The van der Waals surface area contributed by atoms with Crippen molar-refractivity contribution in [1.29, 1.82) is 0 Å². The first-order valence-electron chi connectivity index (χ1n) is 5.21. The topological polar surface area (TPSA) is 60.9 Å². The van der Waals surface area contributed by atoms with Crippen LogP contribution in [0.15, 0.2) is 10.9 Å². The third kappa shape index (κ3) is 2.45. The molecule has 0 radical (unpaired) electrons. The fourth-order valence-electron chi connectivity index (χ4n) is 1.32. The number of rotatable bonds is 2. The molecule has 0 saturated carbocycles. The van der Waals surface area contributed by atoms with E-state index in [0.29, 0.717) is 12.1 Å². The average molecular weight is 209 g/mol. The van der Waals surface area contributed by atoms with Crippen molar-refractivity contribution >= 4 is 0 Å². The SMILES string of the molecule is CCn1nc(C(C)(C)C)cc(CN)c1=O. The van der Waals surface area contributed by atoms with Crippen molar-refractivity contribution in [2.45, 2.75) is 46.2 Å². The van der Waals surface area contributed by atoms with Gasteiger partial charge in [0.2, 0.25) is 0 Å². The van der Waals surface area contributed by atoms with Crippen molar-refractivity contribution in [3.63, 3.8) is 0 Å². The second-order valence-electron chi connectivity index (χ2n) is 4.63. The Morgan fingerprint density at radius 2 is 2.07 bits per heavy atom. The first kappa shape index (κ1) is 11.9. The Kier molecular flexibility index (Phi) is 3.29. The van der Waals surface area contributed by atoms with Crippen LogP contribution in [0.4, 0.5) is 0 Å². The minimum atomic E-state index is -0.0759. The van der Waals surface area contributed by atoms with Gasteiger partial charge in [-0.25, -0.2) is 4.68 Å². The predicted molar refractivity (Wildman–Crippen MR) is 60.8 cm³/mol. The van der Waals surface area contributed by atoms with Crippen molar-refractivity contribution in [2.75, 3.05) is 0 Å². The number of hydrogen-bond acceptors (Lipinski definition) is 3. The molecule has 4 heteroatoms. The first-order chi connectivity index (χ1) is 6.90. The zero-order chi connectivity index (χ0) is 11.6. The maximum Gasteiger partial charge on any atom is 0.271 e. The molecule has 1 heterocycles. The lowest BCUT2D eigenvalue weighted by Gasteiger charge is -2.19. The fraction of sp³-hybridized carbons (Fsp3) is 0.636. The number of aryl methyl sites for hydroxylation is 1. The summed E-state index contributed by atoms with van der Waals surface area (Å²) < 4.78 is 1.47. The molecule has 15 heavy (non-hydrogen) atoms. The van der Waals surface area contributed by atoms with Crippen LogP contribution in [-0.4, -0.2) is 9.78 Å². The third-order valence-corrected chi connectivity index (χ3v) is 2.34. The van der Waals surface area contributed by atoms with Gasteiger partial charge in [0, 0.05) is 24.1 Å². The zero-order valence-electron chi connectivity index (χ0n) is 9.87. The summed E-state index contributed by atoms with van der Waals surface area (Å²) in [6.07, 6.45) is 0. The van der Waals surface area contributed by atoms with E-state index in [2.05, 4.69) is 25.9 Å². The second kappa shape index (κ2) is 4.14. The molecule has 1 rings (SSSR count). The Labute approximate surface area is 90.1 Å². The van der Waals surface area contributed by atoms with Crippen LogP contribution in [0.5, 0.6) is 0 Å². The summed E-state index contributed by atoms with van der Waals surface area (Å²) in [7, 11) is 0. The lowest BCUT2D eigenvalue weighted by Crippen LogP contribution is -2.30. The van der Waals surface area contributed by atoms with Gasteiger partial charge in [-0.1, -0.05) is 20.8 Å². The largest absolute Gasteiger partial charge is 0.326 e. The monoisotopic (exact) mass is 209 g/mol. The van der Waals surface area contributed by atoms with E-state index < -0.39 is 0 Å². The van der Waals surface area contributed by atoms with Gasteiger partial charge in [-0.3, -0.25) is 4.79 Å². The molecule has 2 N–H and O–H groups in total.